The lowest BCUT2D eigenvalue weighted by Crippen LogP contribution is -2.57. The van der Waals surface area contributed by atoms with Crippen LogP contribution in [0.25, 0.3) is 0 Å². The first-order valence-electron chi connectivity index (χ1n) is 11.6. The van der Waals surface area contributed by atoms with Gasteiger partial charge in [0.15, 0.2) is 0 Å². The van der Waals surface area contributed by atoms with Gasteiger partial charge >= 0.3 is 0 Å². The van der Waals surface area contributed by atoms with Gasteiger partial charge in [0.05, 0.1) is 17.9 Å². The Labute approximate surface area is 202 Å². The van der Waals surface area contributed by atoms with Crippen molar-refractivity contribution in [1.29, 1.82) is 5.26 Å². The van der Waals surface area contributed by atoms with Crippen molar-refractivity contribution >= 4 is 22.5 Å². The number of carbonyl (C=O) groups excluding carboxylic acids is 2. The predicted octanol–water partition coefficient (Wildman–Crippen LogP) is 1.65. The van der Waals surface area contributed by atoms with Crippen molar-refractivity contribution in [3.63, 3.8) is 0 Å². The molecule has 3 fully saturated rings. The molecule has 9 nitrogen and oxygen atoms in total. The van der Waals surface area contributed by atoms with Crippen LogP contribution in [0.15, 0.2) is 18.2 Å². The van der Waals surface area contributed by atoms with Gasteiger partial charge in [-0.3, -0.25) is 9.59 Å². The van der Waals surface area contributed by atoms with Crippen LogP contribution in [0.2, 0.25) is 0 Å². The van der Waals surface area contributed by atoms with Gasteiger partial charge in [-0.2, -0.15) is 22.3 Å². The molecule has 0 aliphatic carbocycles. The predicted molar refractivity (Wildman–Crippen MR) is 126 cm³/mol. The molecule has 2 amide bonds. The maximum atomic E-state index is 13.2. The summed E-state index contributed by atoms with van der Waals surface area (Å²) in [5.41, 5.74) is 1.11. The Balaban J connectivity index is 0.000000284. The van der Waals surface area contributed by atoms with E-state index >= 15 is 0 Å². The third kappa shape index (κ3) is 6.11. The zero-order valence-electron chi connectivity index (χ0n) is 19.5. The van der Waals surface area contributed by atoms with Crippen molar-refractivity contribution in [2.24, 2.45) is 11.8 Å². The van der Waals surface area contributed by atoms with Crippen LogP contribution < -0.4 is 5.32 Å². The number of nitrogens with zero attached hydrogens (tertiary/aromatic N) is 4. The summed E-state index contributed by atoms with van der Waals surface area (Å²) in [5.74, 6) is -0.543. The van der Waals surface area contributed by atoms with Gasteiger partial charge in [0, 0.05) is 52.8 Å². The molecule has 34 heavy (non-hydrogen) atoms. The first kappa shape index (κ1) is 26.1. The number of rotatable bonds is 6. The summed E-state index contributed by atoms with van der Waals surface area (Å²) < 4.78 is 41.0. The maximum absolute atomic E-state index is 13.2. The molecule has 3 aliphatic rings. The number of amides is 2. The van der Waals surface area contributed by atoms with Crippen molar-refractivity contribution in [3.8, 4) is 6.07 Å². The molecule has 0 unspecified atom stereocenters. The molecule has 1 aromatic carbocycles. The summed E-state index contributed by atoms with van der Waals surface area (Å²) in [5, 5.41) is 11.2. The van der Waals surface area contributed by atoms with Crippen LogP contribution in [-0.4, -0.2) is 73.5 Å². The smallest absolute Gasteiger partial charge is 0.282 e. The largest absolute Gasteiger partial charge is 0.354 e. The van der Waals surface area contributed by atoms with E-state index in [0.717, 1.165) is 38.8 Å². The molecule has 0 radical (unpaired) electrons. The van der Waals surface area contributed by atoms with E-state index in [1.165, 1.54) is 8.61 Å². The van der Waals surface area contributed by atoms with E-state index in [2.05, 4.69) is 11.4 Å². The fraction of sp³-hybridized carbons (Fsp3) is 0.609. The van der Waals surface area contributed by atoms with Gasteiger partial charge in [-0.1, -0.05) is 18.2 Å². The van der Waals surface area contributed by atoms with Gasteiger partial charge in [0.1, 0.15) is 5.82 Å². The topological polar surface area (TPSA) is 114 Å². The van der Waals surface area contributed by atoms with Crippen molar-refractivity contribution in [2.75, 3.05) is 39.3 Å². The van der Waals surface area contributed by atoms with Crippen LogP contribution in [0.4, 0.5) is 4.39 Å². The lowest BCUT2D eigenvalue weighted by molar-refractivity contribution is -0.135. The third-order valence-corrected chi connectivity index (χ3v) is 8.42. The van der Waals surface area contributed by atoms with E-state index in [0.29, 0.717) is 24.1 Å². The average Bonchev–Trinajstić information content (AvgIpc) is 3.34. The summed E-state index contributed by atoms with van der Waals surface area (Å²) in [6.07, 6.45) is 4.14. The minimum absolute atomic E-state index is 0. The van der Waals surface area contributed by atoms with Gasteiger partial charge in [-0.25, -0.2) is 4.39 Å². The van der Waals surface area contributed by atoms with Crippen LogP contribution in [0.5, 0.6) is 0 Å². The highest BCUT2D eigenvalue weighted by Gasteiger charge is 2.42. The Morgan fingerprint density at radius 3 is 2.56 bits per heavy atom. The van der Waals surface area contributed by atoms with Gasteiger partial charge in [0.25, 0.3) is 10.2 Å². The second-order valence-electron chi connectivity index (χ2n) is 8.93. The molecule has 0 spiro atoms. The molecular formula is C23H34FN5O4S. The van der Waals surface area contributed by atoms with Crippen LogP contribution in [0.1, 0.15) is 38.2 Å². The fourth-order valence-electron chi connectivity index (χ4n) is 4.42. The van der Waals surface area contributed by atoms with Crippen LogP contribution in [-0.2, 0) is 26.3 Å². The zero-order chi connectivity index (χ0) is 24.7. The van der Waals surface area contributed by atoms with Crippen molar-refractivity contribution in [1.82, 2.24) is 18.8 Å². The normalized spacial score (nSPS) is 21.7. The SMILES string of the molecule is Cc1cccc(CNC=O)c1F.N#CC1CN(S(=O)(=O)N2CCC[C@H](C(=O)N3CCCC3)C2)C1.[HH]. The summed E-state index contributed by atoms with van der Waals surface area (Å²) in [4.78, 5) is 24.3. The molecule has 1 N–H and O–H groups in total. The van der Waals surface area contributed by atoms with Crippen LogP contribution >= 0.6 is 0 Å². The Bertz CT molecular complexity index is 1020. The minimum atomic E-state index is -3.51. The maximum Gasteiger partial charge on any atom is 0.282 e. The zero-order valence-corrected chi connectivity index (χ0v) is 20.3. The summed E-state index contributed by atoms with van der Waals surface area (Å²) in [6.45, 7) is 4.86. The van der Waals surface area contributed by atoms with Crippen LogP contribution in [0, 0.1) is 35.9 Å². The number of nitriles is 1. The van der Waals surface area contributed by atoms with Crippen molar-refractivity contribution < 1.29 is 23.8 Å². The van der Waals surface area contributed by atoms with E-state index < -0.39 is 10.2 Å². The highest BCUT2D eigenvalue weighted by atomic mass is 32.2. The number of carbonyl (C=O) groups is 2. The standard InChI is InChI=1S/C14H22N4O3S.C9H10FNO.H2/c15-8-12-9-18(10-12)22(20,21)17-7-3-4-13(11-17)14(19)16-5-1-2-6-16;1-7-3-2-4-8(9(7)10)5-11-6-12;/h12-13H,1-7,9-11H2;2-4,6H,5H2,1H3,(H,11,12);1H/t13-;;/m0../s1. The lowest BCUT2D eigenvalue weighted by atomic mass is 9.98. The fourth-order valence-corrected chi connectivity index (χ4v) is 6.21. The number of hydrogen-bond acceptors (Lipinski definition) is 5. The minimum Gasteiger partial charge on any atom is -0.354 e. The molecule has 1 aromatic rings. The van der Waals surface area contributed by atoms with Crippen LogP contribution in [0.3, 0.4) is 0 Å². The summed E-state index contributed by atoms with van der Waals surface area (Å²) >= 11 is 0. The van der Waals surface area contributed by atoms with E-state index in [4.69, 9.17) is 5.26 Å². The number of likely N-dealkylation sites (tertiary alicyclic amines) is 1. The highest BCUT2D eigenvalue weighted by Crippen LogP contribution is 2.27. The molecule has 0 saturated carbocycles. The number of aryl methyl sites for hydroxylation is 1. The Hall–Kier alpha value is -2.55. The molecule has 4 rings (SSSR count). The lowest BCUT2D eigenvalue weighted by Gasteiger charge is -2.40. The second kappa shape index (κ2) is 11.7. The molecule has 188 valence electrons. The third-order valence-electron chi connectivity index (χ3n) is 6.48. The number of benzene rings is 1. The van der Waals surface area contributed by atoms with E-state index in [1.807, 2.05) is 4.90 Å². The quantitative estimate of drug-likeness (QED) is 0.603. The number of hydrogen-bond donors (Lipinski definition) is 1. The molecule has 3 heterocycles. The first-order valence-corrected chi connectivity index (χ1v) is 13.0. The molecule has 3 aliphatic heterocycles. The monoisotopic (exact) mass is 495 g/mol. The number of halogens is 1. The number of piperidine rings is 1. The first-order chi connectivity index (χ1) is 16.3. The molecule has 0 bridgehead atoms. The van der Waals surface area contributed by atoms with Crippen molar-refractivity contribution in [2.45, 2.75) is 39.2 Å². The molecule has 0 aromatic heterocycles. The Morgan fingerprint density at radius 1 is 1.21 bits per heavy atom. The van der Waals surface area contributed by atoms with E-state index in [-0.39, 0.29) is 51.2 Å². The second-order valence-corrected chi connectivity index (χ2v) is 10.9. The highest BCUT2D eigenvalue weighted by molar-refractivity contribution is 7.86. The summed E-state index contributed by atoms with van der Waals surface area (Å²) in [7, 11) is -3.51. The number of nitrogens with one attached hydrogen (secondary N) is 1. The van der Waals surface area contributed by atoms with Gasteiger partial charge in [0.2, 0.25) is 12.3 Å². The molecule has 3 saturated heterocycles. The van der Waals surface area contributed by atoms with E-state index in [1.54, 1.807) is 25.1 Å². The van der Waals surface area contributed by atoms with Gasteiger partial charge in [-0.15, -0.1) is 0 Å². The van der Waals surface area contributed by atoms with Gasteiger partial charge < -0.3 is 10.2 Å². The Morgan fingerprint density at radius 2 is 1.91 bits per heavy atom. The molecule has 1 atom stereocenters. The van der Waals surface area contributed by atoms with E-state index in [9.17, 15) is 22.4 Å². The molecule has 11 heteroatoms. The Kier molecular flexibility index (Phi) is 8.99. The van der Waals surface area contributed by atoms with Gasteiger partial charge in [-0.05, 0) is 38.2 Å². The molecular weight excluding hydrogens is 461 g/mol. The van der Waals surface area contributed by atoms with Crippen molar-refractivity contribution in [3.05, 3.63) is 35.1 Å². The summed E-state index contributed by atoms with van der Waals surface area (Å²) in [6, 6.07) is 7.20. The average molecular weight is 496 g/mol.